The molecule has 0 fully saturated rings. The maximum absolute atomic E-state index is 13.3. The second-order valence-corrected chi connectivity index (χ2v) is 7.18. The number of alkyl halides is 3. The number of carbonyl (C=O) groups excluding carboxylic acids is 1. The van der Waals surface area contributed by atoms with Crippen molar-refractivity contribution in [1.29, 1.82) is 0 Å². The molecule has 2 aromatic heterocycles. The summed E-state index contributed by atoms with van der Waals surface area (Å²) in [5, 5.41) is 6.09. The van der Waals surface area contributed by atoms with Crippen molar-refractivity contribution in [3.05, 3.63) is 33.0 Å². The highest BCUT2D eigenvalue weighted by Gasteiger charge is 2.39. The number of hydrogen-bond donors (Lipinski definition) is 0. The molecule has 2 heterocycles. The van der Waals surface area contributed by atoms with E-state index in [-0.39, 0.29) is 12.5 Å². The zero-order valence-electron chi connectivity index (χ0n) is 14.8. The van der Waals surface area contributed by atoms with Gasteiger partial charge in [0.2, 0.25) is 0 Å². The van der Waals surface area contributed by atoms with Crippen molar-refractivity contribution < 1.29 is 18.0 Å². The summed E-state index contributed by atoms with van der Waals surface area (Å²) >= 11 is 1.28. The molecule has 2 aromatic rings. The van der Waals surface area contributed by atoms with Crippen LogP contribution in [0, 0.1) is 0 Å². The summed E-state index contributed by atoms with van der Waals surface area (Å²) in [6.07, 6.45) is -1.83. The van der Waals surface area contributed by atoms with E-state index in [2.05, 4.69) is 10.1 Å². The number of nitrogens with zero attached hydrogens (tertiary/aromatic N) is 4. The maximum atomic E-state index is 13.3. The number of rotatable bonds is 5. The Bertz CT molecular complexity index is 793. The number of aromatic nitrogens is 3. The zero-order chi connectivity index (χ0) is 18.9. The molecule has 5 nitrogen and oxygen atoms in total. The Hall–Kier alpha value is -1.90. The fourth-order valence-corrected chi connectivity index (χ4v) is 4.06. The van der Waals surface area contributed by atoms with Gasteiger partial charge in [0.15, 0.2) is 5.69 Å². The normalized spacial score (nSPS) is 14.3. The zero-order valence-corrected chi connectivity index (χ0v) is 15.6. The predicted octanol–water partition coefficient (Wildman–Crippen LogP) is 3.77. The predicted molar refractivity (Wildman–Crippen MR) is 92.3 cm³/mol. The van der Waals surface area contributed by atoms with Gasteiger partial charge < -0.3 is 4.90 Å². The van der Waals surface area contributed by atoms with Crippen molar-refractivity contribution in [2.45, 2.75) is 52.3 Å². The van der Waals surface area contributed by atoms with Crippen LogP contribution in [-0.4, -0.2) is 38.7 Å². The maximum Gasteiger partial charge on any atom is 0.435 e. The summed E-state index contributed by atoms with van der Waals surface area (Å²) in [5.74, 6) is -0.157. The van der Waals surface area contributed by atoms with E-state index >= 15 is 0 Å². The molecule has 1 aliphatic carbocycles. The molecule has 1 amide bonds. The molecule has 0 bridgehead atoms. The van der Waals surface area contributed by atoms with E-state index in [1.54, 1.807) is 10.3 Å². The summed E-state index contributed by atoms with van der Waals surface area (Å²) in [5.41, 5.74) is 0.532. The van der Waals surface area contributed by atoms with E-state index in [4.69, 9.17) is 0 Å². The minimum absolute atomic E-state index is 0.157. The van der Waals surface area contributed by atoms with Crippen molar-refractivity contribution >= 4 is 17.2 Å². The Morgan fingerprint density at radius 3 is 2.62 bits per heavy atom. The van der Waals surface area contributed by atoms with Crippen molar-refractivity contribution in [2.24, 2.45) is 0 Å². The fraction of sp³-hybridized carbons (Fsp3) is 0.588. The van der Waals surface area contributed by atoms with Gasteiger partial charge in [-0.25, -0.2) is 4.98 Å². The van der Waals surface area contributed by atoms with E-state index < -0.39 is 11.9 Å². The van der Waals surface area contributed by atoms with Gasteiger partial charge >= 0.3 is 6.18 Å². The van der Waals surface area contributed by atoms with Crippen LogP contribution in [0.5, 0.6) is 0 Å². The molecule has 0 spiro atoms. The molecule has 0 saturated heterocycles. The molecule has 142 valence electrons. The standard InChI is InChI=1S/C17H21F3N4OS/c1-3-23(4-2)16(25)12-10-26-14(21-12)9-24-13-8-6-5-7-11(13)15(22-24)17(18,19)20/h10H,3-9H2,1-2H3. The summed E-state index contributed by atoms with van der Waals surface area (Å²) in [6, 6.07) is 0. The van der Waals surface area contributed by atoms with Gasteiger partial charge in [-0.2, -0.15) is 18.3 Å². The van der Waals surface area contributed by atoms with Crippen LogP contribution in [0.1, 0.15) is 59.1 Å². The third kappa shape index (κ3) is 3.62. The Morgan fingerprint density at radius 2 is 1.96 bits per heavy atom. The SMILES string of the molecule is CCN(CC)C(=O)c1csc(Cn2nc(C(F)(F)F)c3c2CCCC3)n1. The van der Waals surface area contributed by atoms with E-state index in [1.165, 1.54) is 16.0 Å². The molecule has 0 atom stereocenters. The van der Waals surface area contributed by atoms with E-state index in [0.717, 1.165) is 12.8 Å². The Morgan fingerprint density at radius 1 is 1.27 bits per heavy atom. The summed E-state index contributed by atoms with van der Waals surface area (Å²) in [4.78, 5) is 18.3. The first kappa shape index (κ1) is 18.9. The van der Waals surface area contributed by atoms with Gasteiger partial charge in [-0.15, -0.1) is 11.3 Å². The topological polar surface area (TPSA) is 51.0 Å². The smallest absolute Gasteiger partial charge is 0.338 e. The van der Waals surface area contributed by atoms with E-state index in [1.807, 2.05) is 13.8 Å². The highest BCUT2D eigenvalue weighted by atomic mass is 32.1. The highest BCUT2D eigenvalue weighted by Crippen LogP contribution is 2.36. The highest BCUT2D eigenvalue weighted by molar-refractivity contribution is 7.09. The van der Waals surface area contributed by atoms with Crippen LogP contribution in [0.4, 0.5) is 13.2 Å². The first-order valence-electron chi connectivity index (χ1n) is 8.74. The molecule has 0 aromatic carbocycles. The van der Waals surface area contributed by atoms with E-state index in [0.29, 0.717) is 47.9 Å². The summed E-state index contributed by atoms with van der Waals surface area (Å²) in [6.45, 7) is 5.12. The third-order valence-corrected chi connectivity index (χ3v) is 5.47. The quantitative estimate of drug-likeness (QED) is 0.786. The fourth-order valence-electron chi connectivity index (χ4n) is 3.31. The van der Waals surface area contributed by atoms with Gasteiger partial charge in [-0.05, 0) is 39.5 Å². The molecule has 0 saturated carbocycles. The molecule has 1 aliphatic rings. The number of carbonyl (C=O) groups is 1. The van der Waals surface area contributed by atoms with Crippen molar-refractivity contribution in [3.63, 3.8) is 0 Å². The number of amides is 1. The Balaban J connectivity index is 1.86. The molecule has 0 unspecified atom stereocenters. The largest absolute Gasteiger partial charge is 0.435 e. The van der Waals surface area contributed by atoms with Crippen LogP contribution in [0.15, 0.2) is 5.38 Å². The molecular formula is C17H21F3N4OS. The second kappa shape index (κ2) is 7.38. The van der Waals surface area contributed by atoms with Crippen LogP contribution in [0.3, 0.4) is 0 Å². The van der Waals surface area contributed by atoms with Gasteiger partial charge in [0.05, 0.1) is 6.54 Å². The number of hydrogen-bond acceptors (Lipinski definition) is 4. The Labute approximate surface area is 153 Å². The van der Waals surface area contributed by atoms with Crippen molar-refractivity contribution in [1.82, 2.24) is 19.7 Å². The van der Waals surface area contributed by atoms with Gasteiger partial charge in [0, 0.05) is 29.7 Å². The van der Waals surface area contributed by atoms with Crippen molar-refractivity contribution in [3.8, 4) is 0 Å². The van der Waals surface area contributed by atoms with Crippen LogP contribution in [-0.2, 0) is 25.6 Å². The average Bonchev–Trinajstić information content (AvgIpc) is 3.21. The second-order valence-electron chi connectivity index (χ2n) is 6.24. The number of thiazole rings is 1. The summed E-state index contributed by atoms with van der Waals surface area (Å²) in [7, 11) is 0. The molecular weight excluding hydrogens is 365 g/mol. The average molecular weight is 386 g/mol. The van der Waals surface area contributed by atoms with Gasteiger partial charge in [-0.1, -0.05) is 0 Å². The first-order chi connectivity index (χ1) is 12.3. The van der Waals surface area contributed by atoms with Crippen LogP contribution in [0.2, 0.25) is 0 Å². The van der Waals surface area contributed by atoms with Gasteiger partial charge in [0.1, 0.15) is 10.7 Å². The Kier molecular flexibility index (Phi) is 5.36. The molecule has 9 heteroatoms. The molecule has 0 aliphatic heterocycles. The number of fused-ring (bicyclic) bond motifs is 1. The first-order valence-corrected chi connectivity index (χ1v) is 9.62. The van der Waals surface area contributed by atoms with Gasteiger partial charge in [0.25, 0.3) is 5.91 Å². The minimum Gasteiger partial charge on any atom is -0.338 e. The lowest BCUT2D eigenvalue weighted by Crippen LogP contribution is -2.30. The lowest BCUT2D eigenvalue weighted by atomic mass is 9.95. The number of halogens is 3. The monoisotopic (exact) mass is 386 g/mol. The molecule has 26 heavy (non-hydrogen) atoms. The van der Waals surface area contributed by atoms with E-state index in [9.17, 15) is 18.0 Å². The lowest BCUT2D eigenvalue weighted by Gasteiger charge is -2.16. The summed E-state index contributed by atoms with van der Waals surface area (Å²) < 4.78 is 41.2. The molecule has 0 N–H and O–H groups in total. The van der Waals surface area contributed by atoms with Crippen LogP contribution < -0.4 is 0 Å². The van der Waals surface area contributed by atoms with Gasteiger partial charge in [-0.3, -0.25) is 9.48 Å². The van der Waals surface area contributed by atoms with Crippen LogP contribution in [0.25, 0.3) is 0 Å². The lowest BCUT2D eigenvalue weighted by molar-refractivity contribution is -0.142. The molecule has 0 radical (unpaired) electrons. The van der Waals surface area contributed by atoms with Crippen molar-refractivity contribution in [2.75, 3.05) is 13.1 Å². The van der Waals surface area contributed by atoms with Crippen LogP contribution >= 0.6 is 11.3 Å². The third-order valence-electron chi connectivity index (χ3n) is 4.63. The minimum atomic E-state index is -4.45. The molecule has 3 rings (SSSR count).